The summed E-state index contributed by atoms with van der Waals surface area (Å²) in [6.45, 7) is 0.157. The molecular weight excluding hydrogens is 436 g/mol. The maximum absolute atomic E-state index is 12.9. The molecule has 1 unspecified atom stereocenters. The number of piperazine rings is 1. The van der Waals surface area contributed by atoms with Crippen LogP contribution in [0.3, 0.4) is 0 Å². The number of hydrogen-bond donors (Lipinski definition) is 6. The van der Waals surface area contributed by atoms with Crippen LogP contribution >= 0.6 is 11.8 Å². The Labute approximate surface area is 188 Å². The van der Waals surface area contributed by atoms with Gasteiger partial charge in [0, 0.05) is 16.6 Å². The molecule has 0 aliphatic carbocycles. The largest absolute Gasteiger partial charge is 0.393 e. The van der Waals surface area contributed by atoms with Crippen molar-refractivity contribution in [2.45, 2.75) is 41.4 Å². The van der Waals surface area contributed by atoms with Crippen LogP contribution in [-0.2, 0) is 14.3 Å². The number of rotatable bonds is 6. The fraction of sp³-hybridized carbons (Fsp3) is 0.455. The molecule has 172 valence electrons. The van der Waals surface area contributed by atoms with E-state index in [4.69, 9.17) is 4.74 Å². The van der Waals surface area contributed by atoms with Gasteiger partial charge < -0.3 is 35.8 Å². The summed E-state index contributed by atoms with van der Waals surface area (Å²) < 4.78 is 5.60. The fourth-order valence-corrected chi connectivity index (χ4v) is 5.42. The van der Waals surface area contributed by atoms with E-state index < -0.39 is 47.5 Å². The first-order chi connectivity index (χ1) is 15.1. The van der Waals surface area contributed by atoms with Gasteiger partial charge in [-0.05, 0) is 30.2 Å². The summed E-state index contributed by atoms with van der Waals surface area (Å²) in [4.78, 5) is 26.8. The molecule has 3 saturated heterocycles. The number of fused-ring (bicyclic) bond motifs is 6. The van der Waals surface area contributed by atoms with Crippen LogP contribution in [0.1, 0.15) is 13.3 Å². The smallest absolute Gasteiger partial charge is 0.278 e. The molecule has 3 heterocycles. The lowest BCUT2D eigenvalue weighted by molar-refractivity contribution is -0.240. The number of carbonyl (C=O) groups excluding carboxylic acids is 2. The molecule has 0 saturated carbocycles. The second-order valence-corrected chi connectivity index (χ2v) is 9.51. The Hall–Kier alpha value is -2.21. The topological polar surface area (TPSA) is 148 Å². The summed E-state index contributed by atoms with van der Waals surface area (Å²) in [7, 11) is 0. The van der Waals surface area contributed by atoms with Gasteiger partial charge in [-0.25, -0.2) is 0 Å². The van der Waals surface area contributed by atoms with E-state index in [9.17, 15) is 30.0 Å². The Morgan fingerprint density at radius 1 is 1.19 bits per heavy atom. The molecule has 5 rings (SSSR count). The third-order valence-corrected chi connectivity index (χ3v) is 7.39. The summed E-state index contributed by atoms with van der Waals surface area (Å²) in [6, 6.07) is 13.8. The van der Waals surface area contributed by atoms with E-state index in [2.05, 4.69) is 10.6 Å². The number of aliphatic hydroxyl groups excluding tert-OH is 2. The molecule has 0 aromatic heterocycles. The van der Waals surface area contributed by atoms with Crippen molar-refractivity contribution in [2.75, 3.05) is 19.0 Å². The van der Waals surface area contributed by atoms with Crippen molar-refractivity contribution in [3.8, 4) is 0 Å². The zero-order valence-corrected chi connectivity index (χ0v) is 18.3. The van der Waals surface area contributed by atoms with Crippen molar-refractivity contribution < 1.29 is 34.8 Å². The number of amides is 2. The van der Waals surface area contributed by atoms with Crippen LogP contribution in [0.25, 0.3) is 10.8 Å². The highest BCUT2D eigenvalue weighted by molar-refractivity contribution is 7.99. The average Bonchev–Trinajstić information content (AvgIpc) is 2.77. The second-order valence-electron chi connectivity index (χ2n) is 8.45. The molecule has 3 fully saturated rings. The van der Waals surface area contributed by atoms with Gasteiger partial charge in [0.05, 0.1) is 13.2 Å². The van der Waals surface area contributed by atoms with Gasteiger partial charge in [-0.1, -0.05) is 36.4 Å². The highest BCUT2D eigenvalue weighted by atomic mass is 32.2. The third kappa shape index (κ3) is 3.66. The molecule has 9 nitrogen and oxygen atoms in total. The SMILES string of the molecule is C[C@@](O)(CO)[C@H](O)[C@@]12NC(=O)[C@@](O)(NC1=O)C(CSc1cccc3ccccc13)CCO2. The average molecular weight is 463 g/mol. The lowest BCUT2D eigenvalue weighted by Gasteiger charge is -2.51. The summed E-state index contributed by atoms with van der Waals surface area (Å²) in [5.74, 6) is -2.33. The van der Waals surface area contributed by atoms with Gasteiger partial charge in [-0.2, -0.15) is 0 Å². The monoisotopic (exact) mass is 462 g/mol. The minimum Gasteiger partial charge on any atom is -0.393 e. The molecule has 5 atom stereocenters. The second kappa shape index (κ2) is 8.29. The Morgan fingerprint density at radius 3 is 2.66 bits per heavy atom. The van der Waals surface area contributed by atoms with Gasteiger partial charge in [0.25, 0.3) is 17.5 Å². The van der Waals surface area contributed by atoms with Crippen molar-refractivity contribution in [1.29, 1.82) is 0 Å². The molecule has 3 aliphatic rings. The van der Waals surface area contributed by atoms with E-state index >= 15 is 0 Å². The van der Waals surface area contributed by atoms with E-state index in [0.717, 1.165) is 22.6 Å². The first kappa shape index (κ1) is 23.0. The van der Waals surface area contributed by atoms with Crippen LogP contribution < -0.4 is 10.6 Å². The number of thioether (sulfide) groups is 1. The first-order valence-electron chi connectivity index (χ1n) is 10.3. The molecule has 6 N–H and O–H groups in total. The molecular formula is C22H26N2O7S. The summed E-state index contributed by atoms with van der Waals surface area (Å²) in [6.07, 6.45) is -1.77. The standard InChI is InChI=1S/C22H26N2O7S/c1-20(29,12-25)17(26)22-19(28)23-21(30,18(27)24-22)14(9-10-31-22)11-32-16-8-4-6-13-5-2-3-7-15(13)16/h2-8,14,17,25-26,29-30H,9-12H2,1H3,(H,23,28)(H,24,27)/t14?,17-,20+,21+,22-/m0/s1. The molecule has 2 aromatic rings. The number of benzene rings is 2. The van der Waals surface area contributed by atoms with Gasteiger partial charge in [-0.15, -0.1) is 11.8 Å². The van der Waals surface area contributed by atoms with Crippen LogP contribution in [0.15, 0.2) is 47.4 Å². The minimum atomic E-state index is -2.33. The quantitative estimate of drug-likeness (QED) is 0.321. The van der Waals surface area contributed by atoms with Crippen LogP contribution in [0.4, 0.5) is 0 Å². The Bertz CT molecular complexity index is 1040. The van der Waals surface area contributed by atoms with Gasteiger partial charge in [0.1, 0.15) is 11.7 Å². The molecule has 2 aromatic carbocycles. The maximum Gasteiger partial charge on any atom is 0.278 e. The molecule has 10 heteroatoms. The van der Waals surface area contributed by atoms with Gasteiger partial charge in [-0.3, -0.25) is 9.59 Å². The van der Waals surface area contributed by atoms with Gasteiger partial charge >= 0.3 is 0 Å². The van der Waals surface area contributed by atoms with Crippen molar-refractivity contribution in [3.63, 3.8) is 0 Å². The Morgan fingerprint density at radius 2 is 1.91 bits per heavy atom. The van der Waals surface area contributed by atoms with Crippen molar-refractivity contribution >= 4 is 34.3 Å². The van der Waals surface area contributed by atoms with E-state index in [1.54, 1.807) is 0 Å². The molecule has 2 amide bonds. The molecule has 2 bridgehead atoms. The summed E-state index contributed by atoms with van der Waals surface area (Å²) in [5.41, 5.74) is -6.68. The zero-order valence-electron chi connectivity index (χ0n) is 17.4. The highest BCUT2D eigenvalue weighted by Crippen LogP contribution is 2.37. The van der Waals surface area contributed by atoms with E-state index in [1.165, 1.54) is 11.8 Å². The van der Waals surface area contributed by atoms with Crippen molar-refractivity contribution in [1.82, 2.24) is 10.6 Å². The number of aliphatic hydroxyl groups is 4. The lowest BCUT2D eigenvalue weighted by Crippen LogP contribution is -2.83. The first-order valence-corrected chi connectivity index (χ1v) is 11.3. The number of nitrogens with one attached hydrogen (secondary N) is 2. The molecule has 0 spiro atoms. The van der Waals surface area contributed by atoms with Crippen LogP contribution in [-0.4, -0.2) is 74.4 Å². The van der Waals surface area contributed by atoms with Gasteiger partial charge in [0.2, 0.25) is 5.72 Å². The minimum absolute atomic E-state index is 0.0741. The molecule has 3 aliphatic heterocycles. The number of carbonyl (C=O) groups is 2. The lowest BCUT2D eigenvalue weighted by atomic mass is 9.83. The fourth-order valence-electron chi connectivity index (χ4n) is 4.12. The van der Waals surface area contributed by atoms with Crippen molar-refractivity contribution in [2.24, 2.45) is 5.92 Å². The Kier molecular flexibility index (Phi) is 5.95. The predicted octanol–water partition coefficient (Wildman–Crippen LogP) is -0.296. The summed E-state index contributed by atoms with van der Waals surface area (Å²) >= 11 is 1.45. The van der Waals surface area contributed by atoms with Crippen molar-refractivity contribution in [3.05, 3.63) is 42.5 Å². The summed E-state index contributed by atoms with van der Waals surface area (Å²) in [5, 5.41) is 48.1. The Balaban J connectivity index is 1.58. The highest BCUT2D eigenvalue weighted by Gasteiger charge is 2.64. The maximum atomic E-state index is 12.9. The molecule has 32 heavy (non-hydrogen) atoms. The zero-order chi connectivity index (χ0) is 23.1. The van der Waals surface area contributed by atoms with Crippen LogP contribution in [0, 0.1) is 5.92 Å². The van der Waals surface area contributed by atoms with Crippen LogP contribution in [0.5, 0.6) is 0 Å². The molecule has 0 radical (unpaired) electrons. The van der Waals surface area contributed by atoms with E-state index in [0.29, 0.717) is 5.75 Å². The van der Waals surface area contributed by atoms with Gasteiger partial charge in [0.15, 0.2) is 0 Å². The predicted molar refractivity (Wildman–Crippen MR) is 116 cm³/mol. The van der Waals surface area contributed by atoms with E-state index in [1.807, 2.05) is 42.5 Å². The third-order valence-electron chi connectivity index (χ3n) is 6.16. The van der Waals surface area contributed by atoms with Crippen LogP contribution in [0.2, 0.25) is 0 Å². The number of ether oxygens (including phenoxy) is 1. The van der Waals surface area contributed by atoms with E-state index in [-0.39, 0.29) is 13.0 Å². The number of hydrogen-bond acceptors (Lipinski definition) is 8. The normalized spacial score (nSPS) is 30.7.